The molecule has 292 valence electrons. The summed E-state index contributed by atoms with van der Waals surface area (Å²) >= 11 is 0. The van der Waals surface area contributed by atoms with Crippen molar-refractivity contribution in [2.75, 3.05) is 4.90 Å². The molecule has 1 spiro atoms. The fraction of sp³-hybridized carbons (Fsp3) is 0.0339. The molecule has 0 saturated heterocycles. The number of hydrogen-bond donors (Lipinski definition) is 0. The Bertz CT molecular complexity index is 3160. The molecule has 0 bridgehead atoms. The lowest BCUT2D eigenvalue weighted by molar-refractivity contribution is 0.753. The van der Waals surface area contributed by atoms with Gasteiger partial charge in [-0.25, -0.2) is 0 Å². The molecule has 1 atom stereocenters. The van der Waals surface area contributed by atoms with Crippen LogP contribution in [0.1, 0.15) is 45.0 Å². The first-order valence-corrected chi connectivity index (χ1v) is 21.4. The molecule has 0 aromatic heterocycles. The predicted molar refractivity (Wildman–Crippen MR) is 256 cm³/mol. The van der Waals surface area contributed by atoms with Crippen LogP contribution in [0.3, 0.4) is 0 Å². The number of hydrogen-bond acceptors (Lipinski definition) is 2. The van der Waals surface area contributed by atoms with Crippen LogP contribution in [0.25, 0.3) is 44.4 Å². The standard InChI is InChI=1S/C59H40N3/c1-4-18-41(19-5-1)54-39-55(61-58(60-54)43-20-6-2-7-21-43)42-34-32-40(33-35-42)46-24-10-11-25-47(46)44-36-37-49-48-26-12-13-27-50(48)59(53(49)38-44)51-28-14-16-30-56(51)62(45-22-8-3-9-23-45)57-31-17-15-29-52(57)59/h1-39,54H/q-1. The zero-order valence-electron chi connectivity index (χ0n) is 33.9. The Labute approximate surface area is 362 Å². The molecule has 2 aliphatic heterocycles. The number of fused-ring (bicyclic) bond motifs is 9. The Balaban J connectivity index is 0.983. The molecule has 0 amide bonds. The van der Waals surface area contributed by atoms with Crippen molar-refractivity contribution >= 4 is 28.6 Å². The van der Waals surface area contributed by atoms with E-state index in [1.807, 2.05) is 24.3 Å². The van der Waals surface area contributed by atoms with Gasteiger partial charge in [-0.2, -0.15) is 0 Å². The first kappa shape index (κ1) is 35.9. The molecular formula is C59H40N3-. The van der Waals surface area contributed by atoms with Gasteiger partial charge in [0.2, 0.25) is 0 Å². The van der Waals surface area contributed by atoms with E-state index in [4.69, 9.17) is 10.3 Å². The second-order valence-corrected chi connectivity index (χ2v) is 16.2. The molecule has 3 nitrogen and oxygen atoms in total. The maximum atomic E-state index is 5.12. The van der Waals surface area contributed by atoms with Crippen molar-refractivity contribution in [3.05, 3.63) is 281 Å². The van der Waals surface area contributed by atoms with Gasteiger partial charge in [0.15, 0.2) is 0 Å². The molecule has 2 heterocycles. The summed E-state index contributed by atoms with van der Waals surface area (Å²) in [6.07, 6.45) is 2.18. The van der Waals surface area contributed by atoms with E-state index in [9.17, 15) is 0 Å². The molecule has 0 fully saturated rings. The van der Waals surface area contributed by atoms with Crippen molar-refractivity contribution in [3.63, 3.8) is 0 Å². The van der Waals surface area contributed by atoms with Gasteiger partial charge in [0.25, 0.3) is 0 Å². The summed E-state index contributed by atoms with van der Waals surface area (Å²) in [4.78, 5) is 7.56. The topological polar surface area (TPSA) is 29.7 Å². The summed E-state index contributed by atoms with van der Waals surface area (Å²) in [7, 11) is 0. The Hall–Kier alpha value is -8.01. The number of nitrogens with zero attached hydrogens (tertiary/aromatic N) is 3. The highest BCUT2D eigenvalue weighted by Gasteiger charge is 2.51. The van der Waals surface area contributed by atoms with Gasteiger partial charge in [0.1, 0.15) is 0 Å². The third-order valence-electron chi connectivity index (χ3n) is 12.9. The van der Waals surface area contributed by atoms with Crippen LogP contribution in [0.2, 0.25) is 0 Å². The lowest BCUT2D eigenvalue weighted by atomic mass is 9.64. The van der Waals surface area contributed by atoms with Crippen LogP contribution in [0.15, 0.2) is 242 Å². The number of rotatable bonds is 6. The normalized spacial score (nSPS) is 15.4. The second kappa shape index (κ2) is 14.6. The molecule has 9 aromatic rings. The van der Waals surface area contributed by atoms with Crippen LogP contribution in [-0.2, 0) is 5.41 Å². The third kappa shape index (κ3) is 5.63. The van der Waals surface area contributed by atoms with Crippen LogP contribution in [0.4, 0.5) is 17.1 Å². The predicted octanol–water partition coefficient (Wildman–Crippen LogP) is 15.1. The van der Waals surface area contributed by atoms with E-state index >= 15 is 0 Å². The van der Waals surface area contributed by atoms with Gasteiger partial charge in [0, 0.05) is 11.7 Å². The van der Waals surface area contributed by atoms with Crippen molar-refractivity contribution in [2.45, 2.75) is 11.5 Å². The van der Waals surface area contributed by atoms with Gasteiger partial charge in [-0.1, -0.05) is 212 Å². The minimum absolute atomic E-state index is 0.127. The van der Waals surface area contributed by atoms with Crippen molar-refractivity contribution in [3.8, 4) is 33.4 Å². The van der Waals surface area contributed by atoms with Crippen LogP contribution in [-0.4, -0.2) is 5.84 Å². The molecule has 0 radical (unpaired) electrons. The second-order valence-electron chi connectivity index (χ2n) is 16.2. The molecule has 0 saturated carbocycles. The van der Waals surface area contributed by atoms with Crippen LogP contribution < -0.4 is 4.90 Å². The van der Waals surface area contributed by atoms with E-state index < -0.39 is 5.41 Å². The smallest absolute Gasteiger partial charge is 0.0754 e. The average molecular weight is 791 g/mol. The van der Waals surface area contributed by atoms with Gasteiger partial charge in [-0.05, 0) is 108 Å². The van der Waals surface area contributed by atoms with E-state index in [1.165, 1.54) is 61.4 Å². The fourth-order valence-electron chi connectivity index (χ4n) is 10.1. The van der Waals surface area contributed by atoms with Crippen LogP contribution in [0, 0.1) is 0 Å². The number of benzene rings is 9. The van der Waals surface area contributed by atoms with Crippen molar-refractivity contribution < 1.29 is 0 Å². The highest BCUT2D eigenvalue weighted by atomic mass is 15.2. The Morgan fingerprint density at radius 1 is 0.387 bits per heavy atom. The minimum Gasteiger partial charge on any atom is -0.454 e. The molecule has 3 heteroatoms. The highest BCUT2D eigenvalue weighted by molar-refractivity contribution is 6.12. The molecule has 12 rings (SSSR count). The third-order valence-corrected chi connectivity index (χ3v) is 12.9. The summed E-state index contributed by atoms with van der Waals surface area (Å²) < 4.78 is 0. The van der Waals surface area contributed by atoms with Gasteiger partial charge >= 0.3 is 0 Å². The van der Waals surface area contributed by atoms with Gasteiger partial charge < -0.3 is 15.2 Å². The largest absolute Gasteiger partial charge is 0.454 e. The van der Waals surface area contributed by atoms with Crippen molar-refractivity contribution in [1.82, 2.24) is 0 Å². The van der Waals surface area contributed by atoms with E-state index in [1.54, 1.807) is 0 Å². The summed E-state index contributed by atoms with van der Waals surface area (Å²) in [6.45, 7) is 0. The Morgan fingerprint density at radius 2 is 0.887 bits per heavy atom. The van der Waals surface area contributed by atoms with E-state index in [0.29, 0.717) is 0 Å². The van der Waals surface area contributed by atoms with Crippen LogP contribution in [0.5, 0.6) is 0 Å². The monoisotopic (exact) mass is 790 g/mol. The van der Waals surface area contributed by atoms with Gasteiger partial charge in [-0.15, -0.1) is 0 Å². The fourth-order valence-corrected chi connectivity index (χ4v) is 10.1. The zero-order valence-corrected chi connectivity index (χ0v) is 33.9. The number of para-hydroxylation sites is 3. The van der Waals surface area contributed by atoms with E-state index in [0.717, 1.165) is 39.5 Å². The molecule has 1 unspecified atom stereocenters. The first-order chi connectivity index (χ1) is 30.8. The molecule has 0 N–H and O–H groups in total. The van der Waals surface area contributed by atoms with Crippen LogP contribution >= 0.6 is 0 Å². The molecule has 9 aromatic carbocycles. The SMILES string of the molecule is C1=C(c2ccc(-c3ccccc3-c3ccc4c(c3)C3(c5ccccc5-4)c4ccccc4N(c4ccccc4)c4ccccc43)cc2)N=C(c2ccccc2)[N-]C1c1ccccc1. The maximum Gasteiger partial charge on any atom is 0.0754 e. The summed E-state index contributed by atoms with van der Waals surface area (Å²) in [5, 5.41) is 5.09. The summed E-state index contributed by atoms with van der Waals surface area (Å²) in [5.74, 6) is 0.749. The summed E-state index contributed by atoms with van der Waals surface area (Å²) in [6, 6.07) is 83.3. The lowest BCUT2D eigenvalue weighted by Crippen LogP contribution is -2.36. The maximum absolute atomic E-state index is 5.12. The van der Waals surface area contributed by atoms with Gasteiger partial charge in [0.05, 0.1) is 16.8 Å². The number of aliphatic imine (C=N–C) groups is 1. The lowest BCUT2D eigenvalue weighted by Gasteiger charge is -2.45. The summed E-state index contributed by atoms with van der Waals surface area (Å²) in [5.41, 5.74) is 19.7. The first-order valence-electron chi connectivity index (χ1n) is 21.4. The molecule has 62 heavy (non-hydrogen) atoms. The van der Waals surface area contributed by atoms with Gasteiger partial charge in [-0.3, -0.25) is 0 Å². The molecular weight excluding hydrogens is 751 g/mol. The Morgan fingerprint density at radius 3 is 1.56 bits per heavy atom. The van der Waals surface area contributed by atoms with Crippen molar-refractivity contribution in [2.24, 2.45) is 4.99 Å². The number of anilines is 3. The number of amidine groups is 1. The molecule has 3 aliphatic rings. The molecule has 1 aliphatic carbocycles. The highest BCUT2D eigenvalue weighted by Crippen LogP contribution is 2.63. The van der Waals surface area contributed by atoms with Crippen molar-refractivity contribution in [1.29, 1.82) is 0 Å². The average Bonchev–Trinajstić information content (AvgIpc) is 3.65. The Kier molecular flexibility index (Phi) is 8.46. The van der Waals surface area contributed by atoms with E-state index in [-0.39, 0.29) is 6.04 Å². The van der Waals surface area contributed by atoms with E-state index in [2.05, 4.69) is 217 Å². The zero-order chi connectivity index (χ0) is 41.0. The minimum atomic E-state index is -0.520. The quantitative estimate of drug-likeness (QED) is 0.165.